The van der Waals surface area contributed by atoms with E-state index in [0.717, 1.165) is 49.7 Å². The fourth-order valence-electron chi connectivity index (χ4n) is 3.53. The Morgan fingerprint density at radius 3 is 2.38 bits per heavy atom. The van der Waals surface area contributed by atoms with Gasteiger partial charge >= 0.3 is 0 Å². The lowest BCUT2D eigenvalue weighted by Crippen LogP contribution is -2.45. The predicted octanol–water partition coefficient (Wildman–Crippen LogP) is 5.03. The number of nitrogens with one attached hydrogen (secondary N) is 1. The maximum Gasteiger partial charge on any atom is 0.161 e. The Kier molecular flexibility index (Phi) is 11.1. The summed E-state index contributed by atoms with van der Waals surface area (Å²) in [5, 5.41) is 3.43. The lowest BCUT2D eigenvalue weighted by Gasteiger charge is -2.35. The van der Waals surface area contributed by atoms with Crippen molar-refractivity contribution in [1.29, 1.82) is 0 Å². The lowest BCUT2D eigenvalue weighted by atomic mass is 9.97. The molecule has 0 unspecified atom stereocenters. The molecule has 4 nitrogen and oxygen atoms in total. The molecule has 1 fully saturated rings. The molecular formula is C23H32Cl2N2O2. The van der Waals surface area contributed by atoms with Gasteiger partial charge in [-0.25, -0.2) is 0 Å². The summed E-state index contributed by atoms with van der Waals surface area (Å²) in [4.78, 5) is 2.54. The van der Waals surface area contributed by atoms with Crippen molar-refractivity contribution in [2.75, 3.05) is 33.3 Å². The summed E-state index contributed by atoms with van der Waals surface area (Å²) in [6.07, 6.45) is 0.949. The van der Waals surface area contributed by atoms with Crippen LogP contribution in [-0.4, -0.2) is 38.2 Å². The first-order chi connectivity index (χ1) is 13.2. The number of piperazine rings is 1. The van der Waals surface area contributed by atoms with Crippen molar-refractivity contribution in [2.45, 2.75) is 26.0 Å². The second-order valence-electron chi connectivity index (χ2n) is 7.15. The number of ether oxygens (including phenoxy) is 2. The molecule has 0 radical (unpaired) electrons. The van der Waals surface area contributed by atoms with Gasteiger partial charge < -0.3 is 14.8 Å². The average Bonchev–Trinajstić information content (AvgIpc) is 2.71. The van der Waals surface area contributed by atoms with Gasteiger partial charge in [-0.05, 0) is 36.6 Å². The van der Waals surface area contributed by atoms with Crippen molar-refractivity contribution >= 4 is 24.8 Å². The first-order valence-electron chi connectivity index (χ1n) is 9.61. The molecule has 1 aliphatic rings. The number of rotatable bonds is 8. The lowest BCUT2D eigenvalue weighted by molar-refractivity contribution is 0.172. The van der Waals surface area contributed by atoms with E-state index in [2.05, 4.69) is 48.0 Å². The van der Waals surface area contributed by atoms with Crippen LogP contribution < -0.4 is 14.8 Å². The first-order valence-corrected chi connectivity index (χ1v) is 9.61. The van der Waals surface area contributed by atoms with Crippen molar-refractivity contribution in [3.63, 3.8) is 0 Å². The summed E-state index contributed by atoms with van der Waals surface area (Å²) in [6, 6.07) is 16.8. The number of halogens is 2. The van der Waals surface area contributed by atoms with E-state index in [1.807, 2.05) is 24.3 Å². The summed E-state index contributed by atoms with van der Waals surface area (Å²) in [6.45, 7) is 10.9. The highest BCUT2D eigenvalue weighted by Crippen LogP contribution is 2.35. The molecule has 2 aromatic rings. The van der Waals surface area contributed by atoms with E-state index in [0.29, 0.717) is 12.6 Å². The van der Waals surface area contributed by atoms with Crippen LogP contribution in [0.25, 0.3) is 0 Å². The van der Waals surface area contributed by atoms with Gasteiger partial charge in [0.05, 0.1) is 7.11 Å². The van der Waals surface area contributed by atoms with Gasteiger partial charge in [-0.15, -0.1) is 31.4 Å². The van der Waals surface area contributed by atoms with Crippen LogP contribution in [0.15, 0.2) is 60.7 Å². The van der Waals surface area contributed by atoms with E-state index in [9.17, 15) is 0 Å². The maximum absolute atomic E-state index is 6.12. The van der Waals surface area contributed by atoms with Gasteiger partial charge in [0.25, 0.3) is 0 Å². The van der Waals surface area contributed by atoms with E-state index < -0.39 is 0 Å². The fourth-order valence-corrected chi connectivity index (χ4v) is 3.53. The third-order valence-corrected chi connectivity index (χ3v) is 4.94. The molecule has 0 saturated carbocycles. The molecule has 0 aromatic heterocycles. The Morgan fingerprint density at radius 1 is 1.07 bits per heavy atom. The van der Waals surface area contributed by atoms with Crippen molar-refractivity contribution in [2.24, 2.45) is 0 Å². The first kappa shape index (κ1) is 25.3. The number of hydrogen-bond acceptors (Lipinski definition) is 4. The van der Waals surface area contributed by atoms with Crippen molar-refractivity contribution in [3.05, 3.63) is 71.8 Å². The Bertz CT molecular complexity index is 750. The number of hydrogen-bond donors (Lipinski definition) is 1. The zero-order valence-electron chi connectivity index (χ0n) is 17.2. The molecule has 160 valence electrons. The maximum atomic E-state index is 6.12. The molecule has 1 atom stereocenters. The standard InChI is InChI=1S/C23H30N2O2.2ClH/c1-18(2)15-21(25-13-11-24-12-14-25)20-9-10-22(26-3)23(16-20)27-17-19-7-5-4-6-8-19;;/h4-10,16,21,24H,1,11-15,17H2,2-3H3;2*1H/t21-;;/m1../s1. The van der Waals surface area contributed by atoms with Crippen LogP contribution in [0.3, 0.4) is 0 Å². The molecule has 1 N–H and O–H groups in total. The smallest absolute Gasteiger partial charge is 0.161 e. The van der Waals surface area contributed by atoms with E-state index >= 15 is 0 Å². The molecule has 0 amide bonds. The Morgan fingerprint density at radius 2 is 1.76 bits per heavy atom. The van der Waals surface area contributed by atoms with Gasteiger partial charge in [0.1, 0.15) is 6.61 Å². The topological polar surface area (TPSA) is 33.7 Å². The van der Waals surface area contributed by atoms with Crippen LogP contribution in [0.4, 0.5) is 0 Å². The van der Waals surface area contributed by atoms with Crippen LogP contribution in [0.2, 0.25) is 0 Å². The predicted molar refractivity (Wildman–Crippen MR) is 125 cm³/mol. The Balaban J connectivity index is 0.00000210. The normalized spacial score (nSPS) is 14.8. The highest BCUT2D eigenvalue weighted by molar-refractivity contribution is 5.85. The molecule has 0 aliphatic carbocycles. The van der Waals surface area contributed by atoms with Gasteiger partial charge in [-0.3, -0.25) is 4.90 Å². The van der Waals surface area contributed by atoms with Crippen LogP contribution in [0.1, 0.15) is 30.5 Å². The minimum absolute atomic E-state index is 0. The minimum Gasteiger partial charge on any atom is -0.493 e. The number of methoxy groups -OCH3 is 1. The quantitative estimate of drug-likeness (QED) is 0.585. The molecule has 1 saturated heterocycles. The second-order valence-corrected chi connectivity index (χ2v) is 7.15. The molecule has 2 aromatic carbocycles. The third-order valence-electron chi connectivity index (χ3n) is 4.94. The van der Waals surface area contributed by atoms with Crippen LogP contribution in [-0.2, 0) is 6.61 Å². The SMILES string of the molecule is C=C(C)C[C@H](c1ccc(OC)c(OCc2ccccc2)c1)N1CCNCC1.Cl.Cl. The van der Waals surface area contributed by atoms with Crippen molar-refractivity contribution in [3.8, 4) is 11.5 Å². The molecule has 1 heterocycles. The minimum atomic E-state index is 0. The van der Waals surface area contributed by atoms with E-state index in [4.69, 9.17) is 9.47 Å². The Labute approximate surface area is 187 Å². The molecule has 6 heteroatoms. The largest absolute Gasteiger partial charge is 0.493 e. The highest BCUT2D eigenvalue weighted by atomic mass is 35.5. The average molecular weight is 439 g/mol. The van der Waals surface area contributed by atoms with Gasteiger partial charge in [-0.2, -0.15) is 0 Å². The van der Waals surface area contributed by atoms with Gasteiger partial charge in [0.15, 0.2) is 11.5 Å². The summed E-state index contributed by atoms with van der Waals surface area (Å²) in [5.41, 5.74) is 3.59. The molecule has 29 heavy (non-hydrogen) atoms. The second kappa shape index (κ2) is 12.8. The van der Waals surface area contributed by atoms with E-state index in [1.165, 1.54) is 11.1 Å². The fraction of sp³-hybridized carbons (Fsp3) is 0.391. The zero-order chi connectivity index (χ0) is 19.1. The number of benzene rings is 2. The van der Waals surface area contributed by atoms with Gasteiger partial charge in [-0.1, -0.05) is 42.0 Å². The van der Waals surface area contributed by atoms with Crippen molar-refractivity contribution in [1.82, 2.24) is 10.2 Å². The molecule has 1 aliphatic heterocycles. The molecular weight excluding hydrogens is 407 g/mol. The highest BCUT2D eigenvalue weighted by Gasteiger charge is 2.23. The monoisotopic (exact) mass is 438 g/mol. The molecule has 0 spiro atoms. The molecule has 0 bridgehead atoms. The molecule has 3 rings (SSSR count). The zero-order valence-corrected chi connectivity index (χ0v) is 18.9. The summed E-state index contributed by atoms with van der Waals surface area (Å²) in [7, 11) is 1.69. The summed E-state index contributed by atoms with van der Waals surface area (Å²) >= 11 is 0. The third kappa shape index (κ3) is 7.23. The van der Waals surface area contributed by atoms with Crippen LogP contribution in [0, 0.1) is 0 Å². The van der Waals surface area contributed by atoms with Crippen molar-refractivity contribution < 1.29 is 9.47 Å². The van der Waals surface area contributed by atoms with E-state index in [-0.39, 0.29) is 24.8 Å². The van der Waals surface area contributed by atoms with E-state index in [1.54, 1.807) is 7.11 Å². The number of nitrogens with zero attached hydrogens (tertiary/aromatic N) is 1. The van der Waals surface area contributed by atoms with Gasteiger partial charge in [0, 0.05) is 32.2 Å². The van der Waals surface area contributed by atoms with Crippen LogP contribution >= 0.6 is 24.8 Å². The summed E-state index contributed by atoms with van der Waals surface area (Å²) < 4.78 is 11.6. The Hall–Kier alpha value is -1.72. The van der Waals surface area contributed by atoms with Crippen LogP contribution in [0.5, 0.6) is 11.5 Å². The van der Waals surface area contributed by atoms with Gasteiger partial charge in [0.2, 0.25) is 0 Å². The summed E-state index contributed by atoms with van der Waals surface area (Å²) in [5.74, 6) is 1.56.